The molecular weight excluding hydrogens is 286 g/mol. The van der Waals surface area contributed by atoms with Crippen LogP contribution in [0.3, 0.4) is 0 Å². The van der Waals surface area contributed by atoms with Gasteiger partial charge in [0.05, 0.1) is 12.0 Å². The molecule has 0 fully saturated rings. The Hall–Kier alpha value is -1.21. The largest absolute Gasteiger partial charge is 0.497 e. The van der Waals surface area contributed by atoms with Crippen LogP contribution in [0.1, 0.15) is 13.3 Å². The van der Waals surface area contributed by atoms with E-state index in [0.29, 0.717) is 11.5 Å². The molecule has 0 saturated heterocycles. The molecule has 0 saturated carbocycles. The fraction of sp³-hybridized carbons (Fsp3) is 0.417. The molecule has 0 radical (unpaired) electrons. The number of ether oxygens (including phenoxy) is 1. The van der Waals surface area contributed by atoms with Crippen molar-refractivity contribution in [2.75, 3.05) is 18.6 Å². The Morgan fingerprint density at radius 2 is 2.16 bits per heavy atom. The van der Waals surface area contributed by atoms with Crippen LogP contribution in [0.15, 0.2) is 29.2 Å². The number of hydrogen-bond acceptors (Lipinski definition) is 5. The van der Waals surface area contributed by atoms with Crippen molar-refractivity contribution in [3.05, 3.63) is 24.3 Å². The van der Waals surface area contributed by atoms with Gasteiger partial charge in [-0.15, -0.1) is 0 Å². The van der Waals surface area contributed by atoms with E-state index in [-0.39, 0.29) is 11.3 Å². The molecule has 0 aliphatic rings. The Morgan fingerprint density at radius 3 is 2.79 bits per heavy atom. The van der Waals surface area contributed by atoms with Gasteiger partial charge < -0.3 is 4.74 Å². The molecule has 1 N–H and O–H groups in total. The Bertz CT molecular complexity index is 528. The summed E-state index contributed by atoms with van der Waals surface area (Å²) < 4.78 is 30.9. The van der Waals surface area contributed by atoms with E-state index in [1.807, 2.05) is 11.6 Å². The number of thioether (sulfide) groups is 1. The monoisotopic (exact) mass is 303 g/mol. The predicted octanol–water partition coefficient (Wildman–Crippen LogP) is 1.64. The predicted molar refractivity (Wildman–Crippen MR) is 75.9 cm³/mol. The van der Waals surface area contributed by atoms with E-state index in [1.165, 1.54) is 19.2 Å². The molecule has 0 atom stereocenters. The van der Waals surface area contributed by atoms with Crippen molar-refractivity contribution < 1.29 is 17.9 Å². The zero-order valence-electron chi connectivity index (χ0n) is 10.9. The first-order valence-corrected chi connectivity index (χ1v) is 8.41. The summed E-state index contributed by atoms with van der Waals surface area (Å²) in [5.41, 5.74) is 0. The molecule has 7 heteroatoms. The maximum absolute atomic E-state index is 11.9. The van der Waals surface area contributed by atoms with E-state index in [1.54, 1.807) is 23.9 Å². The SMILES string of the molecule is CCSCCC(=O)NS(=O)(=O)c1cccc(OC)c1. The van der Waals surface area contributed by atoms with Crippen LogP contribution in [0.25, 0.3) is 0 Å². The normalized spacial score (nSPS) is 11.1. The van der Waals surface area contributed by atoms with E-state index < -0.39 is 15.9 Å². The quantitative estimate of drug-likeness (QED) is 0.775. The van der Waals surface area contributed by atoms with E-state index >= 15 is 0 Å². The first-order chi connectivity index (χ1) is 8.99. The summed E-state index contributed by atoms with van der Waals surface area (Å²) in [7, 11) is -2.37. The Kier molecular flexibility index (Phi) is 6.17. The van der Waals surface area contributed by atoms with E-state index in [2.05, 4.69) is 0 Å². The molecular formula is C12H17NO4S2. The van der Waals surface area contributed by atoms with Crippen molar-refractivity contribution in [3.8, 4) is 5.75 Å². The standard InChI is InChI=1S/C12H17NO4S2/c1-3-18-8-7-12(14)13-19(15,16)11-6-4-5-10(9-11)17-2/h4-6,9H,3,7-8H2,1-2H3,(H,13,14). The van der Waals surface area contributed by atoms with Gasteiger partial charge in [-0.1, -0.05) is 13.0 Å². The summed E-state index contributed by atoms with van der Waals surface area (Å²) in [5, 5.41) is 0. The van der Waals surface area contributed by atoms with Gasteiger partial charge >= 0.3 is 0 Å². The zero-order valence-corrected chi connectivity index (χ0v) is 12.5. The van der Waals surface area contributed by atoms with Crippen molar-refractivity contribution in [2.24, 2.45) is 0 Å². The van der Waals surface area contributed by atoms with Gasteiger partial charge in [-0.3, -0.25) is 4.79 Å². The number of rotatable bonds is 7. The van der Waals surface area contributed by atoms with Gasteiger partial charge in [-0.05, 0) is 17.9 Å². The summed E-state index contributed by atoms with van der Waals surface area (Å²) in [4.78, 5) is 11.5. The fourth-order valence-corrected chi connectivity index (χ4v) is 3.00. The molecule has 19 heavy (non-hydrogen) atoms. The Labute approximate surface area is 117 Å². The highest BCUT2D eigenvalue weighted by atomic mass is 32.2. The molecule has 106 valence electrons. The highest BCUT2D eigenvalue weighted by Crippen LogP contribution is 2.16. The maximum Gasteiger partial charge on any atom is 0.264 e. The highest BCUT2D eigenvalue weighted by Gasteiger charge is 2.17. The summed E-state index contributed by atoms with van der Waals surface area (Å²) in [6.45, 7) is 1.98. The topological polar surface area (TPSA) is 72.5 Å². The van der Waals surface area contributed by atoms with Crippen LogP contribution in [-0.2, 0) is 14.8 Å². The summed E-state index contributed by atoms with van der Waals surface area (Å²) in [6, 6.07) is 5.98. The van der Waals surface area contributed by atoms with Gasteiger partial charge in [0.1, 0.15) is 5.75 Å². The third kappa shape index (κ3) is 5.12. The van der Waals surface area contributed by atoms with Crippen LogP contribution in [0.2, 0.25) is 0 Å². The second kappa shape index (κ2) is 7.40. The van der Waals surface area contributed by atoms with Gasteiger partial charge in [0, 0.05) is 18.2 Å². The number of hydrogen-bond donors (Lipinski definition) is 1. The number of amides is 1. The van der Waals surface area contributed by atoms with Crippen LogP contribution in [0.4, 0.5) is 0 Å². The minimum Gasteiger partial charge on any atom is -0.497 e. The third-order valence-electron chi connectivity index (χ3n) is 2.28. The van der Waals surface area contributed by atoms with Gasteiger partial charge in [0.2, 0.25) is 5.91 Å². The number of carbonyl (C=O) groups excluding carboxylic acids is 1. The lowest BCUT2D eigenvalue weighted by Gasteiger charge is -2.08. The number of carbonyl (C=O) groups is 1. The van der Waals surface area contributed by atoms with Crippen LogP contribution in [-0.4, -0.2) is 32.9 Å². The number of nitrogens with one attached hydrogen (secondary N) is 1. The van der Waals surface area contributed by atoms with Crippen LogP contribution in [0, 0.1) is 0 Å². The summed E-state index contributed by atoms with van der Waals surface area (Å²) in [6.07, 6.45) is 0.182. The molecule has 0 heterocycles. The molecule has 0 aliphatic heterocycles. The Balaban J connectivity index is 2.72. The summed E-state index contributed by atoms with van der Waals surface area (Å²) >= 11 is 1.59. The molecule has 1 rings (SSSR count). The lowest BCUT2D eigenvalue weighted by atomic mass is 10.3. The highest BCUT2D eigenvalue weighted by molar-refractivity contribution is 7.99. The van der Waals surface area contributed by atoms with E-state index in [9.17, 15) is 13.2 Å². The first kappa shape index (κ1) is 15.8. The molecule has 1 aromatic carbocycles. The van der Waals surface area contributed by atoms with Crippen molar-refractivity contribution in [3.63, 3.8) is 0 Å². The van der Waals surface area contributed by atoms with Crippen molar-refractivity contribution in [2.45, 2.75) is 18.2 Å². The number of benzene rings is 1. The Morgan fingerprint density at radius 1 is 1.42 bits per heavy atom. The second-order valence-electron chi connectivity index (χ2n) is 3.65. The molecule has 0 aliphatic carbocycles. The fourth-order valence-electron chi connectivity index (χ4n) is 1.34. The van der Waals surface area contributed by atoms with Gasteiger partial charge in [0.25, 0.3) is 10.0 Å². The molecule has 0 aromatic heterocycles. The first-order valence-electron chi connectivity index (χ1n) is 5.77. The van der Waals surface area contributed by atoms with Crippen molar-refractivity contribution in [1.29, 1.82) is 0 Å². The molecule has 1 amide bonds. The lowest BCUT2D eigenvalue weighted by Crippen LogP contribution is -2.30. The minimum atomic E-state index is -3.82. The maximum atomic E-state index is 11.9. The van der Waals surface area contributed by atoms with Gasteiger partial charge in [-0.2, -0.15) is 11.8 Å². The average Bonchev–Trinajstić information content (AvgIpc) is 2.38. The molecule has 0 unspecified atom stereocenters. The van der Waals surface area contributed by atoms with Crippen LogP contribution < -0.4 is 9.46 Å². The smallest absolute Gasteiger partial charge is 0.264 e. The van der Waals surface area contributed by atoms with E-state index in [0.717, 1.165) is 5.75 Å². The van der Waals surface area contributed by atoms with Crippen molar-refractivity contribution >= 4 is 27.7 Å². The van der Waals surface area contributed by atoms with E-state index in [4.69, 9.17) is 4.74 Å². The second-order valence-corrected chi connectivity index (χ2v) is 6.73. The molecule has 1 aromatic rings. The number of sulfonamides is 1. The van der Waals surface area contributed by atoms with Crippen LogP contribution in [0.5, 0.6) is 5.75 Å². The lowest BCUT2D eigenvalue weighted by molar-refractivity contribution is -0.118. The van der Waals surface area contributed by atoms with Gasteiger partial charge in [0.15, 0.2) is 0 Å². The van der Waals surface area contributed by atoms with Gasteiger partial charge in [-0.25, -0.2) is 13.1 Å². The zero-order chi connectivity index (χ0) is 14.3. The molecule has 0 bridgehead atoms. The van der Waals surface area contributed by atoms with Crippen molar-refractivity contribution in [1.82, 2.24) is 4.72 Å². The van der Waals surface area contributed by atoms with Crippen LogP contribution >= 0.6 is 11.8 Å². The molecule has 5 nitrogen and oxygen atoms in total. The number of methoxy groups -OCH3 is 1. The minimum absolute atomic E-state index is 0.0170. The summed E-state index contributed by atoms with van der Waals surface area (Å²) in [5.74, 6) is 1.44. The molecule has 0 spiro atoms. The average molecular weight is 303 g/mol. The third-order valence-corrected chi connectivity index (χ3v) is 4.55.